The molecule has 4 rings (SSSR count). The normalized spacial score (nSPS) is 25.4. The Balaban J connectivity index is 1.51. The molecule has 28 heavy (non-hydrogen) atoms. The van der Waals surface area contributed by atoms with Gasteiger partial charge in [-0.25, -0.2) is 4.98 Å². The highest BCUT2D eigenvalue weighted by Gasteiger charge is 2.27. The van der Waals surface area contributed by atoms with Crippen LogP contribution in [0.25, 0.3) is 0 Å². The summed E-state index contributed by atoms with van der Waals surface area (Å²) in [5.74, 6) is 3.20. The molecule has 0 aromatic carbocycles. The van der Waals surface area contributed by atoms with E-state index in [-0.39, 0.29) is 0 Å². The Hall–Kier alpha value is -1.05. The van der Waals surface area contributed by atoms with Crippen molar-refractivity contribution in [2.45, 2.75) is 70.0 Å². The molecule has 2 saturated heterocycles. The molecular weight excluding hydrogens is 368 g/mol. The Morgan fingerprint density at radius 1 is 1.07 bits per heavy atom. The van der Waals surface area contributed by atoms with Crippen LogP contribution in [0.3, 0.4) is 0 Å². The second kappa shape index (κ2) is 10.1. The summed E-state index contributed by atoms with van der Waals surface area (Å²) >= 11 is 1.89. The number of aromatic nitrogens is 2. The van der Waals surface area contributed by atoms with E-state index in [1.54, 1.807) is 0 Å². The lowest BCUT2D eigenvalue weighted by molar-refractivity contribution is 0.321. The van der Waals surface area contributed by atoms with Gasteiger partial charge in [0.25, 0.3) is 0 Å². The molecule has 0 spiro atoms. The molecule has 1 aromatic heterocycles. The first-order valence-corrected chi connectivity index (χ1v) is 12.6. The number of anilines is 2. The van der Waals surface area contributed by atoms with Gasteiger partial charge in [-0.1, -0.05) is 12.8 Å². The van der Waals surface area contributed by atoms with Gasteiger partial charge in [-0.15, -0.1) is 0 Å². The summed E-state index contributed by atoms with van der Waals surface area (Å²) in [5.41, 5.74) is 2.70. The van der Waals surface area contributed by atoms with Crippen LogP contribution >= 0.6 is 11.8 Å². The Bertz CT molecular complexity index is 632. The highest BCUT2D eigenvalue weighted by Crippen LogP contribution is 2.31. The van der Waals surface area contributed by atoms with Gasteiger partial charge in [0.1, 0.15) is 5.82 Å². The fourth-order valence-corrected chi connectivity index (χ4v) is 5.08. The number of rotatable bonds is 7. The first-order valence-electron chi connectivity index (χ1n) is 11.2. The number of hydrogen-bond acceptors (Lipinski definition) is 7. The third-order valence-corrected chi connectivity index (χ3v) is 6.87. The standard InChI is InChI=1S/C21H36N6S/c1-28-15-12-23-19-18(10-7-11-22-19)25-21-24-17-9-6-8-16(17)20(26-21)27-13-4-2-3-5-14-27/h18-19,22-23H,2-15H2,1H3,(H,24,25,26). The molecule has 0 saturated carbocycles. The van der Waals surface area contributed by atoms with Crippen LogP contribution in [0.1, 0.15) is 56.2 Å². The fraction of sp³-hybridized carbons (Fsp3) is 0.810. The highest BCUT2D eigenvalue weighted by atomic mass is 32.2. The molecule has 6 nitrogen and oxygen atoms in total. The molecule has 2 unspecified atom stereocenters. The van der Waals surface area contributed by atoms with Crippen molar-refractivity contribution in [3.8, 4) is 0 Å². The molecule has 7 heteroatoms. The minimum absolute atomic E-state index is 0.291. The first kappa shape index (κ1) is 20.2. The second-order valence-electron chi connectivity index (χ2n) is 8.32. The number of hydrogen-bond donors (Lipinski definition) is 3. The molecule has 0 amide bonds. The van der Waals surface area contributed by atoms with Crippen LogP contribution in [0.4, 0.5) is 11.8 Å². The van der Waals surface area contributed by atoms with Crippen LogP contribution in [-0.2, 0) is 12.8 Å². The molecule has 0 radical (unpaired) electrons. The molecule has 2 aliphatic heterocycles. The number of piperidine rings is 1. The average molecular weight is 405 g/mol. The maximum absolute atomic E-state index is 5.08. The Morgan fingerprint density at radius 2 is 1.93 bits per heavy atom. The van der Waals surface area contributed by atoms with Crippen LogP contribution < -0.4 is 20.9 Å². The van der Waals surface area contributed by atoms with Crippen molar-refractivity contribution < 1.29 is 0 Å². The molecule has 2 atom stereocenters. The SMILES string of the molecule is CSCCNC1NCCCC1Nc1nc2c(c(N3CCCCCC3)n1)CCC2. The molecule has 0 bridgehead atoms. The van der Waals surface area contributed by atoms with Crippen molar-refractivity contribution in [2.24, 2.45) is 0 Å². The van der Waals surface area contributed by atoms with Crippen molar-refractivity contribution in [2.75, 3.05) is 48.4 Å². The van der Waals surface area contributed by atoms with Gasteiger partial charge in [0.2, 0.25) is 5.95 Å². The van der Waals surface area contributed by atoms with Crippen LogP contribution in [0.5, 0.6) is 0 Å². The largest absolute Gasteiger partial charge is 0.356 e. The Morgan fingerprint density at radius 3 is 2.75 bits per heavy atom. The van der Waals surface area contributed by atoms with E-state index in [4.69, 9.17) is 9.97 Å². The van der Waals surface area contributed by atoms with E-state index in [0.717, 1.165) is 57.1 Å². The lowest BCUT2D eigenvalue weighted by Crippen LogP contribution is -2.57. The van der Waals surface area contributed by atoms with Crippen molar-refractivity contribution in [3.05, 3.63) is 11.3 Å². The van der Waals surface area contributed by atoms with Gasteiger partial charge in [0, 0.05) is 31.0 Å². The van der Waals surface area contributed by atoms with Crippen molar-refractivity contribution >= 4 is 23.5 Å². The molecule has 2 fully saturated rings. The summed E-state index contributed by atoms with van der Waals surface area (Å²) in [6, 6.07) is 0.340. The van der Waals surface area contributed by atoms with Crippen LogP contribution in [-0.4, -0.2) is 60.4 Å². The van der Waals surface area contributed by atoms with Crippen LogP contribution in [0.15, 0.2) is 0 Å². The fourth-order valence-electron chi connectivity index (χ4n) is 4.76. The zero-order chi connectivity index (χ0) is 19.2. The maximum atomic E-state index is 5.08. The van der Waals surface area contributed by atoms with E-state index in [0.29, 0.717) is 12.2 Å². The number of nitrogens with one attached hydrogen (secondary N) is 3. The number of nitrogens with zero attached hydrogens (tertiary/aromatic N) is 3. The Labute approximate surface area is 174 Å². The monoisotopic (exact) mass is 404 g/mol. The van der Waals surface area contributed by atoms with Gasteiger partial charge in [0.15, 0.2) is 0 Å². The number of aryl methyl sites for hydroxylation is 1. The minimum atomic E-state index is 0.291. The van der Waals surface area contributed by atoms with E-state index >= 15 is 0 Å². The third-order valence-electron chi connectivity index (χ3n) is 6.26. The van der Waals surface area contributed by atoms with Crippen LogP contribution in [0.2, 0.25) is 0 Å². The quantitative estimate of drug-likeness (QED) is 0.604. The van der Waals surface area contributed by atoms with Gasteiger partial charge < -0.3 is 15.5 Å². The first-order chi connectivity index (χ1) is 13.8. The highest BCUT2D eigenvalue weighted by molar-refractivity contribution is 7.98. The summed E-state index contributed by atoms with van der Waals surface area (Å²) in [4.78, 5) is 12.6. The van der Waals surface area contributed by atoms with Gasteiger partial charge in [-0.05, 0) is 57.7 Å². The summed E-state index contributed by atoms with van der Waals surface area (Å²) in [6.07, 6.45) is 13.6. The molecule has 3 aliphatic rings. The average Bonchev–Trinajstić information content (AvgIpc) is 3.02. The summed E-state index contributed by atoms with van der Waals surface area (Å²) in [6.45, 7) is 4.40. The number of thioether (sulfide) groups is 1. The Kier molecular flexibility index (Phi) is 7.31. The zero-order valence-electron chi connectivity index (χ0n) is 17.3. The van der Waals surface area contributed by atoms with E-state index < -0.39 is 0 Å². The van der Waals surface area contributed by atoms with Crippen molar-refractivity contribution in [1.82, 2.24) is 20.6 Å². The molecule has 1 aliphatic carbocycles. The molecular formula is C21H36N6S. The predicted octanol–water partition coefficient (Wildman–Crippen LogP) is 2.79. The van der Waals surface area contributed by atoms with Crippen molar-refractivity contribution in [3.63, 3.8) is 0 Å². The second-order valence-corrected chi connectivity index (χ2v) is 9.31. The maximum Gasteiger partial charge on any atom is 0.225 e. The zero-order valence-corrected chi connectivity index (χ0v) is 18.1. The lowest BCUT2D eigenvalue weighted by Gasteiger charge is -2.34. The summed E-state index contributed by atoms with van der Waals surface area (Å²) < 4.78 is 0. The molecule has 1 aromatic rings. The number of fused-ring (bicyclic) bond motifs is 1. The van der Waals surface area contributed by atoms with Gasteiger partial charge in [0.05, 0.1) is 17.9 Å². The third kappa shape index (κ3) is 4.92. The summed E-state index contributed by atoms with van der Waals surface area (Å²) in [5, 5.41) is 11.0. The van der Waals surface area contributed by atoms with Gasteiger partial charge >= 0.3 is 0 Å². The van der Waals surface area contributed by atoms with Crippen LogP contribution in [0, 0.1) is 0 Å². The molecule has 3 heterocycles. The van der Waals surface area contributed by atoms with E-state index in [1.165, 1.54) is 55.6 Å². The molecule has 156 valence electrons. The van der Waals surface area contributed by atoms with Crippen molar-refractivity contribution in [1.29, 1.82) is 0 Å². The van der Waals surface area contributed by atoms with E-state index in [9.17, 15) is 0 Å². The minimum Gasteiger partial charge on any atom is -0.356 e. The molecule has 3 N–H and O–H groups in total. The lowest BCUT2D eigenvalue weighted by atomic mass is 10.0. The smallest absolute Gasteiger partial charge is 0.225 e. The topological polar surface area (TPSA) is 65.1 Å². The van der Waals surface area contributed by atoms with Gasteiger partial charge in [-0.3, -0.25) is 5.32 Å². The van der Waals surface area contributed by atoms with E-state index in [1.807, 2.05) is 11.8 Å². The van der Waals surface area contributed by atoms with Gasteiger partial charge in [-0.2, -0.15) is 16.7 Å². The predicted molar refractivity (Wildman–Crippen MR) is 120 cm³/mol. The summed E-state index contributed by atoms with van der Waals surface area (Å²) in [7, 11) is 0. The van der Waals surface area contributed by atoms with E-state index in [2.05, 4.69) is 27.1 Å².